The topological polar surface area (TPSA) is 145 Å². The van der Waals surface area contributed by atoms with Gasteiger partial charge in [-0.05, 0) is 50.6 Å². The number of nitrogens with one attached hydrogen (secondary N) is 2. The standard InChI is InChI=1S/C31H40ClN11O3S/c1-20-18-25(30(46-4)39-29(20)43-12-8-21(9-13-43)42-16-14-40(2)15-17-42)37-31-35-19-22(32)28(38-31)36-24-7-6-23-26(34-11-10-33-23)27(24)41(3)47(5,44)45/h6-7,10-11,18-19,21H,8-9,12-17H2,1-5H3,(H2,35,36,37,38). The monoisotopic (exact) mass is 681 g/mol. The lowest BCUT2D eigenvalue weighted by atomic mass is 10.0. The third-order valence-corrected chi connectivity index (χ3v) is 10.3. The number of piperazine rings is 1. The molecule has 3 aromatic heterocycles. The van der Waals surface area contributed by atoms with Crippen LogP contribution >= 0.6 is 11.6 Å². The van der Waals surface area contributed by atoms with Gasteiger partial charge in [-0.15, -0.1) is 0 Å². The van der Waals surface area contributed by atoms with Crippen LogP contribution in [-0.4, -0.2) is 116 Å². The first-order chi connectivity index (χ1) is 22.5. The van der Waals surface area contributed by atoms with Crippen LogP contribution in [-0.2, 0) is 10.0 Å². The van der Waals surface area contributed by atoms with E-state index in [0.29, 0.717) is 40.0 Å². The Bertz CT molecular complexity index is 1860. The lowest BCUT2D eigenvalue weighted by molar-refractivity contribution is 0.0981. The van der Waals surface area contributed by atoms with Gasteiger partial charge in [0, 0.05) is 64.8 Å². The molecule has 0 bridgehead atoms. The summed E-state index contributed by atoms with van der Waals surface area (Å²) >= 11 is 6.52. The van der Waals surface area contributed by atoms with Crippen molar-refractivity contribution in [1.29, 1.82) is 0 Å². The van der Waals surface area contributed by atoms with Gasteiger partial charge in [0.25, 0.3) is 0 Å². The van der Waals surface area contributed by atoms with E-state index in [4.69, 9.17) is 21.3 Å². The molecule has 14 nitrogen and oxygen atoms in total. The molecule has 2 aliphatic heterocycles. The number of likely N-dealkylation sites (N-methyl/N-ethyl adjacent to an activating group) is 1. The Morgan fingerprint density at radius 1 is 0.979 bits per heavy atom. The molecule has 0 spiro atoms. The number of piperidine rings is 1. The number of hydrogen-bond acceptors (Lipinski definition) is 13. The van der Waals surface area contributed by atoms with Crippen LogP contribution in [0.2, 0.25) is 5.02 Å². The largest absolute Gasteiger partial charge is 0.479 e. The molecule has 1 aromatic carbocycles. The summed E-state index contributed by atoms with van der Waals surface area (Å²) in [6, 6.07) is 6.05. The van der Waals surface area contributed by atoms with E-state index < -0.39 is 10.0 Å². The highest BCUT2D eigenvalue weighted by Crippen LogP contribution is 2.37. The lowest BCUT2D eigenvalue weighted by Crippen LogP contribution is -2.52. The maximum atomic E-state index is 12.6. The fraction of sp³-hybridized carbons (Fsp3) is 0.452. The highest BCUT2D eigenvalue weighted by molar-refractivity contribution is 7.92. The first-order valence-electron chi connectivity index (χ1n) is 15.5. The summed E-state index contributed by atoms with van der Waals surface area (Å²) in [5, 5.41) is 6.64. The minimum absolute atomic E-state index is 0.236. The number of pyridine rings is 1. The number of rotatable bonds is 9. The lowest BCUT2D eigenvalue weighted by Gasteiger charge is -2.42. The summed E-state index contributed by atoms with van der Waals surface area (Å²) in [6.45, 7) is 8.43. The third kappa shape index (κ3) is 7.12. The van der Waals surface area contributed by atoms with Crippen molar-refractivity contribution in [2.24, 2.45) is 0 Å². The van der Waals surface area contributed by atoms with Crippen molar-refractivity contribution >= 4 is 67.3 Å². The molecule has 2 fully saturated rings. The molecule has 0 atom stereocenters. The number of methoxy groups -OCH3 is 1. The van der Waals surface area contributed by atoms with Crippen LogP contribution in [0.15, 0.2) is 36.8 Å². The van der Waals surface area contributed by atoms with Crippen molar-refractivity contribution in [3.63, 3.8) is 0 Å². The summed E-state index contributed by atoms with van der Waals surface area (Å²) in [4.78, 5) is 30.0. The van der Waals surface area contributed by atoms with E-state index in [0.717, 1.165) is 74.1 Å². The first kappa shape index (κ1) is 32.9. The second-order valence-electron chi connectivity index (χ2n) is 12.0. The predicted octanol–water partition coefficient (Wildman–Crippen LogP) is 3.88. The van der Waals surface area contributed by atoms with Crippen LogP contribution in [0.1, 0.15) is 18.4 Å². The van der Waals surface area contributed by atoms with Crippen LogP contribution in [0, 0.1) is 6.92 Å². The quantitative estimate of drug-likeness (QED) is 0.264. The summed E-state index contributed by atoms with van der Waals surface area (Å²) in [7, 11) is 1.60. The first-order valence-corrected chi connectivity index (χ1v) is 17.7. The van der Waals surface area contributed by atoms with Crippen molar-refractivity contribution in [1.82, 2.24) is 34.7 Å². The van der Waals surface area contributed by atoms with E-state index in [9.17, 15) is 8.42 Å². The van der Waals surface area contributed by atoms with Gasteiger partial charge in [0.15, 0.2) is 5.82 Å². The SMILES string of the molecule is COc1nc(N2CCC(N3CCN(C)CC3)CC2)c(C)cc1Nc1ncc(Cl)c(Nc2ccc3nccnc3c2N(C)S(C)(=O)=O)n1. The van der Waals surface area contributed by atoms with Gasteiger partial charge in [-0.2, -0.15) is 9.97 Å². The second-order valence-corrected chi connectivity index (χ2v) is 14.4. The molecule has 4 aromatic rings. The number of sulfonamides is 1. The zero-order chi connectivity index (χ0) is 33.3. The number of ether oxygens (including phenoxy) is 1. The molecule has 47 heavy (non-hydrogen) atoms. The minimum atomic E-state index is -3.64. The van der Waals surface area contributed by atoms with E-state index in [2.05, 4.69) is 52.3 Å². The van der Waals surface area contributed by atoms with E-state index in [-0.39, 0.29) is 16.8 Å². The average molecular weight is 682 g/mol. The molecule has 0 unspecified atom stereocenters. The summed E-state index contributed by atoms with van der Waals surface area (Å²) in [5.74, 6) is 1.84. The van der Waals surface area contributed by atoms with Crippen molar-refractivity contribution in [3.8, 4) is 5.88 Å². The Morgan fingerprint density at radius 2 is 1.70 bits per heavy atom. The van der Waals surface area contributed by atoms with Crippen LogP contribution in [0.4, 0.5) is 34.6 Å². The average Bonchev–Trinajstić information content (AvgIpc) is 3.06. The normalized spacial score (nSPS) is 16.8. The highest BCUT2D eigenvalue weighted by Gasteiger charge is 2.28. The molecule has 6 rings (SSSR count). The molecule has 0 radical (unpaired) electrons. The Labute approximate surface area is 280 Å². The van der Waals surface area contributed by atoms with Gasteiger partial charge < -0.3 is 25.2 Å². The van der Waals surface area contributed by atoms with Crippen LogP contribution < -0.4 is 24.6 Å². The number of hydrogen-bond donors (Lipinski definition) is 2. The number of aryl methyl sites for hydroxylation is 1. The minimum Gasteiger partial charge on any atom is -0.479 e. The van der Waals surface area contributed by atoms with Crippen molar-refractivity contribution in [2.75, 3.05) is 86.6 Å². The maximum absolute atomic E-state index is 12.6. The van der Waals surface area contributed by atoms with Gasteiger partial charge in [0.2, 0.25) is 21.9 Å². The zero-order valence-electron chi connectivity index (χ0n) is 27.2. The summed E-state index contributed by atoms with van der Waals surface area (Å²) in [5.41, 5.74) is 3.29. The van der Waals surface area contributed by atoms with Gasteiger partial charge >= 0.3 is 0 Å². The Kier molecular flexibility index (Phi) is 9.50. The predicted molar refractivity (Wildman–Crippen MR) is 186 cm³/mol. The van der Waals surface area contributed by atoms with E-state index in [1.165, 1.54) is 19.4 Å². The van der Waals surface area contributed by atoms with Crippen molar-refractivity contribution in [3.05, 3.63) is 47.4 Å². The van der Waals surface area contributed by atoms with Gasteiger partial charge in [-0.3, -0.25) is 19.2 Å². The zero-order valence-corrected chi connectivity index (χ0v) is 28.8. The van der Waals surface area contributed by atoms with Gasteiger partial charge in [0.1, 0.15) is 27.7 Å². The van der Waals surface area contributed by atoms with Crippen LogP contribution in [0.25, 0.3) is 11.0 Å². The number of aromatic nitrogens is 5. The van der Waals surface area contributed by atoms with Gasteiger partial charge in [-0.1, -0.05) is 11.6 Å². The molecule has 2 N–H and O–H groups in total. The molecule has 0 amide bonds. The summed E-state index contributed by atoms with van der Waals surface area (Å²) in [6.07, 6.45) is 7.85. The number of nitrogens with zero attached hydrogens (tertiary/aromatic N) is 9. The number of halogens is 1. The number of anilines is 6. The molecule has 0 aliphatic carbocycles. The van der Waals surface area contributed by atoms with Crippen molar-refractivity contribution in [2.45, 2.75) is 25.8 Å². The molecule has 16 heteroatoms. The maximum Gasteiger partial charge on any atom is 0.239 e. The molecule has 2 saturated heterocycles. The summed E-state index contributed by atoms with van der Waals surface area (Å²) < 4.78 is 32.0. The Balaban J connectivity index is 1.22. The molecular weight excluding hydrogens is 642 g/mol. The van der Waals surface area contributed by atoms with E-state index in [1.807, 2.05) is 13.0 Å². The Morgan fingerprint density at radius 3 is 2.40 bits per heavy atom. The van der Waals surface area contributed by atoms with Crippen LogP contribution in [0.5, 0.6) is 5.88 Å². The van der Waals surface area contributed by atoms with E-state index in [1.54, 1.807) is 25.4 Å². The van der Waals surface area contributed by atoms with Crippen LogP contribution in [0.3, 0.4) is 0 Å². The molecule has 5 heterocycles. The fourth-order valence-corrected chi connectivity index (χ4v) is 6.81. The molecule has 2 aliphatic rings. The molecular formula is C31H40ClN11O3S. The fourth-order valence-electron chi connectivity index (χ4n) is 6.15. The van der Waals surface area contributed by atoms with Crippen molar-refractivity contribution < 1.29 is 13.2 Å². The molecule has 0 saturated carbocycles. The number of fused-ring (bicyclic) bond motifs is 1. The Hall–Kier alpha value is -4.05. The smallest absolute Gasteiger partial charge is 0.239 e. The van der Waals surface area contributed by atoms with Gasteiger partial charge in [0.05, 0.1) is 30.8 Å². The third-order valence-electron chi connectivity index (χ3n) is 8.83. The number of benzene rings is 1. The highest BCUT2D eigenvalue weighted by atomic mass is 35.5. The second kappa shape index (κ2) is 13.6. The molecule has 250 valence electrons. The van der Waals surface area contributed by atoms with Gasteiger partial charge in [-0.25, -0.2) is 13.4 Å². The van der Waals surface area contributed by atoms with E-state index >= 15 is 0 Å².